The van der Waals surface area contributed by atoms with Crippen LogP contribution in [0.15, 0.2) is 24.3 Å². The Bertz CT molecular complexity index is 460. The van der Waals surface area contributed by atoms with Gasteiger partial charge in [-0.05, 0) is 30.4 Å². The van der Waals surface area contributed by atoms with Crippen molar-refractivity contribution < 1.29 is 5.11 Å². The summed E-state index contributed by atoms with van der Waals surface area (Å²) in [6.45, 7) is 7.45. The number of benzene rings is 1. The van der Waals surface area contributed by atoms with Crippen LogP contribution >= 0.6 is 12.2 Å². The first kappa shape index (κ1) is 15.4. The van der Waals surface area contributed by atoms with Crippen LogP contribution in [0, 0.1) is 11.8 Å². The molecule has 3 unspecified atom stereocenters. The van der Waals surface area contributed by atoms with Crippen LogP contribution in [0.1, 0.15) is 37.5 Å². The van der Waals surface area contributed by atoms with Crippen molar-refractivity contribution in [1.29, 1.82) is 0 Å². The summed E-state index contributed by atoms with van der Waals surface area (Å²) in [5, 5.41) is 10.3. The van der Waals surface area contributed by atoms with Gasteiger partial charge in [-0.3, -0.25) is 0 Å². The fraction of sp³-hybridized carbons (Fsp3) is 0.562. The van der Waals surface area contributed by atoms with Crippen molar-refractivity contribution in [2.45, 2.75) is 26.4 Å². The molecule has 0 saturated carbocycles. The van der Waals surface area contributed by atoms with Crippen LogP contribution in [0.4, 0.5) is 0 Å². The minimum atomic E-state index is -0.448. The lowest BCUT2D eigenvalue weighted by Crippen LogP contribution is -2.40. The zero-order valence-corrected chi connectivity index (χ0v) is 13.1. The standard InChI is InChI=1S/C16H24N2OS/c1-11-7-8-18(9-12(11)2)10-15(19)13-3-5-14(6-4-13)16(17)20/h3-6,11-12,15,19H,7-10H2,1-2H3,(H2,17,20). The number of aliphatic hydroxyl groups excluding tert-OH is 1. The lowest BCUT2D eigenvalue weighted by Gasteiger charge is -2.36. The number of likely N-dealkylation sites (tertiary alicyclic amines) is 1. The molecule has 1 aliphatic heterocycles. The molecule has 1 heterocycles. The number of nitrogens with zero attached hydrogens (tertiary/aromatic N) is 1. The van der Waals surface area contributed by atoms with Gasteiger partial charge in [0.15, 0.2) is 0 Å². The van der Waals surface area contributed by atoms with E-state index in [-0.39, 0.29) is 0 Å². The third-order valence-electron chi connectivity index (χ3n) is 4.43. The second-order valence-corrected chi connectivity index (χ2v) is 6.44. The molecular weight excluding hydrogens is 268 g/mol. The fourth-order valence-electron chi connectivity index (χ4n) is 2.73. The molecule has 3 N–H and O–H groups in total. The quantitative estimate of drug-likeness (QED) is 0.836. The highest BCUT2D eigenvalue weighted by Crippen LogP contribution is 2.24. The minimum absolute atomic E-state index is 0.393. The molecule has 1 fully saturated rings. The van der Waals surface area contributed by atoms with E-state index in [4.69, 9.17) is 18.0 Å². The van der Waals surface area contributed by atoms with Crippen LogP contribution in [-0.2, 0) is 0 Å². The van der Waals surface area contributed by atoms with Crippen LogP contribution in [-0.4, -0.2) is 34.6 Å². The van der Waals surface area contributed by atoms with E-state index in [0.29, 0.717) is 17.5 Å². The van der Waals surface area contributed by atoms with E-state index in [1.165, 1.54) is 6.42 Å². The summed E-state index contributed by atoms with van der Waals surface area (Å²) in [6, 6.07) is 7.58. The number of piperidine rings is 1. The number of thiocarbonyl (C=S) groups is 1. The molecule has 3 atom stereocenters. The lowest BCUT2D eigenvalue weighted by atomic mass is 9.88. The van der Waals surface area contributed by atoms with E-state index in [0.717, 1.165) is 30.1 Å². The Morgan fingerprint density at radius 2 is 2.00 bits per heavy atom. The van der Waals surface area contributed by atoms with Crippen LogP contribution < -0.4 is 5.73 Å². The van der Waals surface area contributed by atoms with E-state index in [9.17, 15) is 5.11 Å². The van der Waals surface area contributed by atoms with Gasteiger partial charge in [0.25, 0.3) is 0 Å². The monoisotopic (exact) mass is 292 g/mol. The van der Waals surface area contributed by atoms with Gasteiger partial charge in [0.1, 0.15) is 4.99 Å². The average molecular weight is 292 g/mol. The van der Waals surface area contributed by atoms with Crippen LogP contribution in [0.3, 0.4) is 0 Å². The molecule has 0 aromatic heterocycles. The van der Waals surface area contributed by atoms with Crippen molar-refractivity contribution in [3.63, 3.8) is 0 Å². The molecule has 1 aliphatic rings. The molecule has 1 aromatic carbocycles. The Balaban J connectivity index is 1.94. The maximum atomic E-state index is 10.3. The van der Waals surface area contributed by atoms with E-state index >= 15 is 0 Å². The minimum Gasteiger partial charge on any atom is -0.389 e. The predicted octanol–water partition coefficient (Wildman–Crippen LogP) is 2.33. The second-order valence-electron chi connectivity index (χ2n) is 6.00. The second kappa shape index (κ2) is 6.66. The smallest absolute Gasteiger partial charge is 0.103 e. The SMILES string of the molecule is CC1CCN(CC(O)c2ccc(C(N)=S)cc2)CC1C. The summed E-state index contributed by atoms with van der Waals surface area (Å²) in [7, 11) is 0. The summed E-state index contributed by atoms with van der Waals surface area (Å²) in [5.41, 5.74) is 7.35. The summed E-state index contributed by atoms with van der Waals surface area (Å²) in [4.78, 5) is 2.75. The van der Waals surface area contributed by atoms with Crippen LogP contribution in [0.2, 0.25) is 0 Å². The molecule has 0 aliphatic carbocycles. The van der Waals surface area contributed by atoms with Gasteiger partial charge in [0.2, 0.25) is 0 Å². The maximum Gasteiger partial charge on any atom is 0.103 e. The molecule has 0 radical (unpaired) electrons. The first-order valence-corrected chi connectivity index (χ1v) is 7.68. The van der Waals surface area contributed by atoms with Gasteiger partial charge < -0.3 is 15.7 Å². The Kier molecular flexibility index (Phi) is 5.13. The highest BCUT2D eigenvalue weighted by molar-refractivity contribution is 7.80. The number of rotatable bonds is 4. The number of nitrogens with two attached hydrogens (primary N) is 1. The average Bonchev–Trinajstić information content (AvgIpc) is 2.43. The van der Waals surface area contributed by atoms with E-state index in [2.05, 4.69) is 18.7 Å². The first-order valence-electron chi connectivity index (χ1n) is 7.27. The predicted molar refractivity (Wildman–Crippen MR) is 86.7 cm³/mol. The molecule has 110 valence electrons. The fourth-order valence-corrected chi connectivity index (χ4v) is 2.87. The number of β-amino-alcohol motifs (C(OH)–C–C–N with tert-alkyl or cyclic N) is 1. The van der Waals surface area contributed by atoms with Crippen molar-refractivity contribution in [2.24, 2.45) is 17.6 Å². The summed E-state index contributed by atoms with van der Waals surface area (Å²) >= 11 is 4.93. The van der Waals surface area contributed by atoms with Crippen molar-refractivity contribution in [3.05, 3.63) is 35.4 Å². The van der Waals surface area contributed by atoms with Crippen LogP contribution in [0.5, 0.6) is 0 Å². The Hall–Kier alpha value is -0.970. The Labute approximate surface area is 126 Å². The summed E-state index contributed by atoms with van der Waals surface area (Å²) in [6.07, 6.45) is 0.768. The van der Waals surface area contributed by atoms with Crippen LogP contribution in [0.25, 0.3) is 0 Å². The highest BCUT2D eigenvalue weighted by atomic mass is 32.1. The molecule has 2 rings (SSSR count). The molecule has 1 aromatic rings. The third-order valence-corrected chi connectivity index (χ3v) is 4.67. The molecule has 20 heavy (non-hydrogen) atoms. The first-order chi connectivity index (χ1) is 9.47. The topological polar surface area (TPSA) is 49.5 Å². The van der Waals surface area contributed by atoms with E-state index < -0.39 is 6.10 Å². The van der Waals surface area contributed by atoms with Gasteiger partial charge in [-0.15, -0.1) is 0 Å². The largest absolute Gasteiger partial charge is 0.389 e. The molecule has 3 nitrogen and oxygen atoms in total. The zero-order valence-electron chi connectivity index (χ0n) is 12.2. The van der Waals surface area contributed by atoms with Gasteiger partial charge in [0.05, 0.1) is 6.10 Å². The molecule has 0 spiro atoms. The van der Waals surface area contributed by atoms with E-state index in [1.54, 1.807) is 0 Å². The van der Waals surface area contributed by atoms with Gasteiger partial charge in [-0.1, -0.05) is 50.3 Å². The molecule has 0 bridgehead atoms. The summed E-state index contributed by atoms with van der Waals surface area (Å²) in [5.74, 6) is 1.49. The van der Waals surface area contributed by atoms with Crippen molar-refractivity contribution in [2.75, 3.05) is 19.6 Å². The number of hydrogen-bond acceptors (Lipinski definition) is 3. The van der Waals surface area contributed by atoms with Gasteiger partial charge in [0, 0.05) is 18.7 Å². The Morgan fingerprint density at radius 3 is 2.55 bits per heavy atom. The van der Waals surface area contributed by atoms with Gasteiger partial charge >= 0.3 is 0 Å². The van der Waals surface area contributed by atoms with Gasteiger partial charge in [-0.25, -0.2) is 0 Å². The zero-order chi connectivity index (χ0) is 14.7. The lowest BCUT2D eigenvalue weighted by molar-refractivity contribution is 0.0705. The van der Waals surface area contributed by atoms with Crippen molar-refractivity contribution in [1.82, 2.24) is 4.90 Å². The number of aliphatic hydroxyl groups is 1. The Morgan fingerprint density at radius 1 is 1.35 bits per heavy atom. The highest BCUT2D eigenvalue weighted by Gasteiger charge is 2.24. The van der Waals surface area contributed by atoms with Crippen molar-refractivity contribution in [3.8, 4) is 0 Å². The van der Waals surface area contributed by atoms with Crippen molar-refractivity contribution >= 4 is 17.2 Å². The maximum absolute atomic E-state index is 10.3. The molecule has 1 saturated heterocycles. The molecule has 4 heteroatoms. The third kappa shape index (κ3) is 3.78. The summed E-state index contributed by atoms with van der Waals surface area (Å²) < 4.78 is 0. The molecule has 0 amide bonds. The number of hydrogen-bond donors (Lipinski definition) is 2. The van der Waals surface area contributed by atoms with E-state index in [1.807, 2.05) is 24.3 Å². The normalized spacial score (nSPS) is 25.4. The van der Waals surface area contributed by atoms with Gasteiger partial charge in [-0.2, -0.15) is 0 Å². The molecular formula is C16H24N2OS.